The van der Waals surface area contributed by atoms with E-state index in [1.54, 1.807) is 7.11 Å². The van der Waals surface area contributed by atoms with Gasteiger partial charge in [-0.2, -0.15) is 0 Å². The highest BCUT2D eigenvalue weighted by molar-refractivity contribution is 5.99. The van der Waals surface area contributed by atoms with Crippen molar-refractivity contribution < 1.29 is 14.3 Å². The van der Waals surface area contributed by atoms with Crippen LogP contribution in [0.3, 0.4) is 0 Å². The summed E-state index contributed by atoms with van der Waals surface area (Å²) >= 11 is 0. The van der Waals surface area contributed by atoms with Gasteiger partial charge in [-0.3, -0.25) is 4.79 Å². The zero-order chi connectivity index (χ0) is 14.8. The number of benzene rings is 1. The molecule has 1 amide bonds. The minimum atomic E-state index is 0. The molecule has 2 N–H and O–H groups in total. The number of carbonyl (C=O) groups is 1. The molecule has 1 aromatic carbocycles. The van der Waals surface area contributed by atoms with Gasteiger partial charge in [0.1, 0.15) is 18.1 Å². The SMILES string of the molecule is COc1ccc2c(c1)C=C(C(=O)N1CCCC1CN)CO2.Cl. The molecule has 0 spiro atoms. The second-order valence-electron chi connectivity index (χ2n) is 5.39. The van der Waals surface area contributed by atoms with E-state index in [4.69, 9.17) is 15.2 Å². The van der Waals surface area contributed by atoms with Crippen molar-refractivity contribution in [1.29, 1.82) is 0 Å². The smallest absolute Gasteiger partial charge is 0.253 e. The molecular formula is C16H21ClN2O3. The molecule has 120 valence electrons. The van der Waals surface area contributed by atoms with Crippen molar-refractivity contribution in [3.8, 4) is 11.5 Å². The predicted octanol–water partition coefficient (Wildman–Crippen LogP) is 1.84. The molecule has 1 aromatic rings. The van der Waals surface area contributed by atoms with Crippen molar-refractivity contribution in [2.45, 2.75) is 18.9 Å². The lowest BCUT2D eigenvalue weighted by Gasteiger charge is -2.26. The molecule has 2 aliphatic heterocycles. The average molecular weight is 325 g/mol. The molecule has 2 heterocycles. The summed E-state index contributed by atoms with van der Waals surface area (Å²) < 4.78 is 10.9. The van der Waals surface area contributed by atoms with Gasteiger partial charge in [-0.15, -0.1) is 12.4 Å². The molecular weight excluding hydrogens is 304 g/mol. The van der Waals surface area contributed by atoms with Gasteiger partial charge in [-0.25, -0.2) is 0 Å². The number of nitrogens with two attached hydrogens (primary N) is 1. The van der Waals surface area contributed by atoms with E-state index in [9.17, 15) is 4.79 Å². The number of amides is 1. The summed E-state index contributed by atoms with van der Waals surface area (Å²) in [6.07, 6.45) is 3.91. The molecule has 0 aromatic heterocycles. The van der Waals surface area contributed by atoms with Crippen molar-refractivity contribution in [2.24, 2.45) is 5.73 Å². The summed E-state index contributed by atoms with van der Waals surface area (Å²) in [5.41, 5.74) is 7.30. The van der Waals surface area contributed by atoms with E-state index in [1.165, 1.54) is 0 Å². The van der Waals surface area contributed by atoms with Crippen LogP contribution in [0.1, 0.15) is 18.4 Å². The number of halogens is 1. The zero-order valence-corrected chi connectivity index (χ0v) is 13.4. The third kappa shape index (κ3) is 3.05. The van der Waals surface area contributed by atoms with E-state index in [2.05, 4.69) is 0 Å². The highest BCUT2D eigenvalue weighted by atomic mass is 35.5. The number of likely N-dealkylation sites (tertiary alicyclic amines) is 1. The third-order valence-corrected chi connectivity index (χ3v) is 4.11. The van der Waals surface area contributed by atoms with Crippen LogP contribution in [0.25, 0.3) is 6.08 Å². The van der Waals surface area contributed by atoms with Crippen molar-refractivity contribution in [3.05, 3.63) is 29.3 Å². The molecule has 0 bridgehead atoms. The molecule has 5 nitrogen and oxygen atoms in total. The highest BCUT2D eigenvalue weighted by Gasteiger charge is 2.30. The Morgan fingerprint density at radius 3 is 3.05 bits per heavy atom. The van der Waals surface area contributed by atoms with Crippen molar-refractivity contribution in [1.82, 2.24) is 4.90 Å². The lowest BCUT2D eigenvalue weighted by molar-refractivity contribution is -0.128. The molecule has 2 aliphatic rings. The Morgan fingerprint density at radius 1 is 1.50 bits per heavy atom. The number of rotatable bonds is 3. The summed E-state index contributed by atoms with van der Waals surface area (Å²) in [6.45, 7) is 1.61. The van der Waals surface area contributed by atoms with Crippen LogP contribution < -0.4 is 15.2 Å². The van der Waals surface area contributed by atoms with Gasteiger partial charge in [0.05, 0.1) is 12.7 Å². The summed E-state index contributed by atoms with van der Waals surface area (Å²) in [5, 5.41) is 0. The van der Waals surface area contributed by atoms with Gasteiger partial charge < -0.3 is 20.1 Å². The van der Waals surface area contributed by atoms with Gasteiger partial charge in [0.15, 0.2) is 0 Å². The first-order valence-electron chi connectivity index (χ1n) is 7.25. The van der Waals surface area contributed by atoms with Crippen molar-refractivity contribution >= 4 is 24.4 Å². The second-order valence-corrected chi connectivity index (χ2v) is 5.39. The molecule has 0 aliphatic carbocycles. The maximum Gasteiger partial charge on any atom is 0.253 e. The molecule has 1 fully saturated rings. The Bertz CT molecular complexity index is 589. The van der Waals surface area contributed by atoms with E-state index in [-0.39, 0.29) is 24.4 Å². The minimum Gasteiger partial charge on any atom is -0.497 e. The van der Waals surface area contributed by atoms with Crippen molar-refractivity contribution in [2.75, 3.05) is 26.8 Å². The largest absolute Gasteiger partial charge is 0.497 e. The van der Waals surface area contributed by atoms with E-state index in [0.29, 0.717) is 18.7 Å². The van der Waals surface area contributed by atoms with Crippen LogP contribution in [0, 0.1) is 0 Å². The van der Waals surface area contributed by atoms with Crippen LogP contribution in [0.4, 0.5) is 0 Å². The van der Waals surface area contributed by atoms with Crippen LogP contribution in [0.2, 0.25) is 0 Å². The van der Waals surface area contributed by atoms with Gasteiger partial charge in [0.2, 0.25) is 0 Å². The predicted molar refractivity (Wildman–Crippen MR) is 87.5 cm³/mol. The second kappa shape index (κ2) is 7.03. The van der Waals surface area contributed by atoms with Gasteiger partial charge in [-0.05, 0) is 37.1 Å². The summed E-state index contributed by atoms with van der Waals surface area (Å²) in [7, 11) is 1.62. The van der Waals surface area contributed by atoms with E-state index in [0.717, 1.165) is 36.4 Å². The van der Waals surface area contributed by atoms with Crippen LogP contribution in [0.15, 0.2) is 23.8 Å². The summed E-state index contributed by atoms with van der Waals surface area (Å²) in [4.78, 5) is 14.5. The molecule has 1 atom stereocenters. The molecule has 1 saturated heterocycles. The highest BCUT2D eigenvalue weighted by Crippen LogP contribution is 2.31. The maximum absolute atomic E-state index is 12.6. The molecule has 6 heteroatoms. The third-order valence-electron chi connectivity index (χ3n) is 4.11. The maximum atomic E-state index is 12.6. The lowest BCUT2D eigenvalue weighted by atomic mass is 10.1. The van der Waals surface area contributed by atoms with Gasteiger partial charge in [0, 0.05) is 24.7 Å². The molecule has 0 radical (unpaired) electrons. The zero-order valence-electron chi connectivity index (χ0n) is 12.6. The Hall–Kier alpha value is -1.72. The van der Waals surface area contributed by atoms with E-state index < -0.39 is 0 Å². The Labute approximate surface area is 136 Å². The minimum absolute atomic E-state index is 0. The first-order chi connectivity index (χ1) is 10.2. The number of fused-ring (bicyclic) bond motifs is 1. The topological polar surface area (TPSA) is 64.8 Å². The average Bonchev–Trinajstić information content (AvgIpc) is 3.01. The summed E-state index contributed by atoms with van der Waals surface area (Å²) in [5.74, 6) is 1.57. The molecule has 1 unspecified atom stereocenters. The fourth-order valence-corrected chi connectivity index (χ4v) is 2.94. The number of methoxy groups -OCH3 is 1. The van der Waals surface area contributed by atoms with E-state index in [1.807, 2.05) is 29.2 Å². The van der Waals surface area contributed by atoms with Crippen LogP contribution in [0.5, 0.6) is 11.5 Å². The monoisotopic (exact) mass is 324 g/mol. The lowest BCUT2D eigenvalue weighted by Crippen LogP contribution is -2.41. The normalized spacial score (nSPS) is 19.6. The number of nitrogens with zero attached hydrogens (tertiary/aromatic N) is 1. The summed E-state index contributed by atoms with van der Waals surface area (Å²) in [6, 6.07) is 5.76. The first kappa shape index (κ1) is 16.6. The number of carbonyl (C=O) groups excluding carboxylic acids is 1. The molecule has 0 saturated carbocycles. The molecule has 3 rings (SSSR count). The van der Waals surface area contributed by atoms with E-state index >= 15 is 0 Å². The standard InChI is InChI=1S/C16H20N2O3.ClH/c1-20-14-4-5-15-11(8-14)7-12(10-21-15)16(19)18-6-2-3-13(18)9-17;/h4-5,7-8,13H,2-3,6,9-10,17H2,1H3;1H. The molecule has 22 heavy (non-hydrogen) atoms. The first-order valence-corrected chi connectivity index (χ1v) is 7.25. The Balaban J connectivity index is 0.00000176. The fourth-order valence-electron chi connectivity index (χ4n) is 2.94. The van der Waals surface area contributed by atoms with Gasteiger partial charge >= 0.3 is 0 Å². The van der Waals surface area contributed by atoms with Crippen molar-refractivity contribution in [3.63, 3.8) is 0 Å². The number of ether oxygens (including phenoxy) is 2. The number of hydrogen-bond donors (Lipinski definition) is 1. The van der Waals surface area contributed by atoms with Crippen LogP contribution >= 0.6 is 12.4 Å². The van der Waals surface area contributed by atoms with Crippen LogP contribution in [-0.4, -0.2) is 43.7 Å². The quantitative estimate of drug-likeness (QED) is 0.921. The van der Waals surface area contributed by atoms with Gasteiger partial charge in [0.25, 0.3) is 5.91 Å². The Morgan fingerprint density at radius 2 is 2.32 bits per heavy atom. The Kier molecular flexibility index (Phi) is 5.32. The van der Waals surface area contributed by atoms with Crippen LogP contribution in [-0.2, 0) is 4.79 Å². The van der Waals surface area contributed by atoms with Gasteiger partial charge in [-0.1, -0.05) is 0 Å². The number of hydrogen-bond acceptors (Lipinski definition) is 4. The fraction of sp³-hybridized carbons (Fsp3) is 0.438.